The van der Waals surface area contributed by atoms with Gasteiger partial charge in [0.1, 0.15) is 17.7 Å². The zero-order chi connectivity index (χ0) is 15.6. The van der Waals surface area contributed by atoms with Gasteiger partial charge in [0, 0.05) is 19.0 Å². The van der Waals surface area contributed by atoms with E-state index in [0.717, 1.165) is 12.1 Å². The van der Waals surface area contributed by atoms with Crippen LogP contribution in [0, 0.1) is 11.6 Å². The van der Waals surface area contributed by atoms with E-state index in [2.05, 4.69) is 0 Å². The monoisotopic (exact) mass is 297 g/mol. The van der Waals surface area contributed by atoms with Crippen molar-refractivity contribution < 1.29 is 23.5 Å². The highest BCUT2D eigenvalue weighted by atomic mass is 19.1. The van der Waals surface area contributed by atoms with Crippen molar-refractivity contribution in [2.75, 3.05) is 6.54 Å². The minimum absolute atomic E-state index is 0.00628. The molecule has 0 aromatic heterocycles. The van der Waals surface area contributed by atoms with Gasteiger partial charge in [0.15, 0.2) is 0 Å². The van der Waals surface area contributed by atoms with Crippen LogP contribution in [0.2, 0.25) is 0 Å². The average Bonchev–Trinajstić information content (AvgIpc) is 2.87. The van der Waals surface area contributed by atoms with Crippen molar-refractivity contribution in [1.29, 1.82) is 0 Å². The molecule has 1 unspecified atom stereocenters. The molecule has 1 saturated heterocycles. The Morgan fingerprint density at radius 2 is 2.14 bits per heavy atom. The van der Waals surface area contributed by atoms with E-state index >= 15 is 0 Å². The standard InChI is InChI=1S/C15H17F2NO3/c1-9(11-5-4-10(16)8-12(11)17)7-14(19)18-6-2-3-13(18)15(20)21/h4-5,8-9,13H,2-3,6-7H2,1H3,(H,20,21)/t9?,13-/m1/s1. The Morgan fingerprint density at radius 3 is 2.76 bits per heavy atom. The van der Waals surface area contributed by atoms with Gasteiger partial charge in [-0.15, -0.1) is 0 Å². The molecule has 1 aromatic carbocycles. The summed E-state index contributed by atoms with van der Waals surface area (Å²) in [5, 5.41) is 9.06. The van der Waals surface area contributed by atoms with E-state index in [-0.39, 0.29) is 17.9 Å². The summed E-state index contributed by atoms with van der Waals surface area (Å²) in [6, 6.07) is 2.46. The van der Waals surface area contributed by atoms with E-state index in [0.29, 0.717) is 19.4 Å². The SMILES string of the molecule is CC(CC(=O)N1CCC[C@@H]1C(=O)O)c1ccc(F)cc1F. The van der Waals surface area contributed by atoms with Crippen LogP contribution >= 0.6 is 0 Å². The maximum absolute atomic E-state index is 13.7. The topological polar surface area (TPSA) is 57.6 Å². The van der Waals surface area contributed by atoms with Gasteiger partial charge < -0.3 is 10.0 Å². The molecule has 2 atom stereocenters. The summed E-state index contributed by atoms with van der Waals surface area (Å²) in [5.41, 5.74) is 0.260. The van der Waals surface area contributed by atoms with E-state index in [1.54, 1.807) is 6.92 Å². The molecule has 6 heteroatoms. The third-order valence-electron chi connectivity index (χ3n) is 3.83. The Hall–Kier alpha value is -1.98. The smallest absolute Gasteiger partial charge is 0.326 e. The van der Waals surface area contributed by atoms with Crippen LogP contribution in [0.25, 0.3) is 0 Å². The van der Waals surface area contributed by atoms with Gasteiger partial charge in [-0.05, 0) is 30.4 Å². The van der Waals surface area contributed by atoms with Crippen LogP contribution in [0.3, 0.4) is 0 Å². The molecule has 1 amide bonds. The minimum atomic E-state index is -1.01. The molecule has 1 aliphatic rings. The molecule has 1 fully saturated rings. The molecule has 0 saturated carbocycles. The van der Waals surface area contributed by atoms with E-state index in [9.17, 15) is 18.4 Å². The van der Waals surface area contributed by atoms with Gasteiger partial charge in [0.05, 0.1) is 0 Å². The van der Waals surface area contributed by atoms with E-state index in [4.69, 9.17) is 5.11 Å². The average molecular weight is 297 g/mol. The predicted octanol–water partition coefficient (Wildman–Crippen LogP) is 2.53. The second-order valence-electron chi connectivity index (χ2n) is 5.35. The Bertz CT molecular complexity index is 562. The number of carbonyl (C=O) groups is 2. The first-order valence-electron chi connectivity index (χ1n) is 6.87. The highest BCUT2D eigenvalue weighted by Crippen LogP contribution is 2.26. The molecule has 1 aromatic rings. The maximum Gasteiger partial charge on any atom is 0.326 e. The summed E-state index contributed by atoms with van der Waals surface area (Å²) in [4.78, 5) is 24.6. The van der Waals surface area contributed by atoms with Crippen molar-refractivity contribution in [3.8, 4) is 0 Å². The summed E-state index contributed by atoms with van der Waals surface area (Å²) in [6.07, 6.45) is 1.11. The molecule has 114 valence electrons. The van der Waals surface area contributed by atoms with Gasteiger partial charge in [-0.3, -0.25) is 4.79 Å². The minimum Gasteiger partial charge on any atom is -0.480 e. The van der Waals surface area contributed by atoms with Crippen LogP contribution in [0.5, 0.6) is 0 Å². The van der Waals surface area contributed by atoms with Gasteiger partial charge in [-0.2, -0.15) is 0 Å². The number of aliphatic carboxylic acids is 1. The number of carbonyl (C=O) groups excluding carboxylic acids is 1. The van der Waals surface area contributed by atoms with Crippen LogP contribution in [-0.2, 0) is 9.59 Å². The Morgan fingerprint density at radius 1 is 1.43 bits per heavy atom. The molecular weight excluding hydrogens is 280 g/mol. The number of halogens is 2. The van der Waals surface area contributed by atoms with E-state index < -0.39 is 29.6 Å². The number of likely N-dealkylation sites (tertiary alicyclic amines) is 1. The van der Waals surface area contributed by atoms with Crippen LogP contribution in [0.1, 0.15) is 37.7 Å². The van der Waals surface area contributed by atoms with Crippen molar-refractivity contribution in [3.05, 3.63) is 35.4 Å². The first-order chi connectivity index (χ1) is 9.90. The third-order valence-corrected chi connectivity index (χ3v) is 3.83. The van der Waals surface area contributed by atoms with E-state index in [1.807, 2.05) is 0 Å². The zero-order valence-corrected chi connectivity index (χ0v) is 11.7. The summed E-state index contributed by atoms with van der Waals surface area (Å²) >= 11 is 0. The van der Waals surface area contributed by atoms with Crippen molar-refractivity contribution in [2.24, 2.45) is 0 Å². The molecule has 0 radical (unpaired) electrons. The Kier molecular flexibility index (Phi) is 4.55. The van der Waals surface area contributed by atoms with Gasteiger partial charge in [-0.1, -0.05) is 13.0 Å². The third kappa shape index (κ3) is 3.37. The molecule has 1 heterocycles. The summed E-state index contributed by atoms with van der Waals surface area (Å²) in [7, 11) is 0. The zero-order valence-electron chi connectivity index (χ0n) is 11.7. The van der Waals surface area contributed by atoms with Gasteiger partial charge in [0.2, 0.25) is 5.91 Å². The lowest BCUT2D eigenvalue weighted by Crippen LogP contribution is -2.40. The number of rotatable bonds is 4. The second kappa shape index (κ2) is 6.20. The number of nitrogens with zero attached hydrogens (tertiary/aromatic N) is 1. The van der Waals surface area contributed by atoms with Crippen LogP contribution in [-0.4, -0.2) is 34.5 Å². The van der Waals surface area contributed by atoms with Crippen LogP contribution in [0.4, 0.5) is 8.78 Å². The quantitative estimate of drug-likeness (QED) is 0.929. The largest absolute Gasteiger partial charge is 0.480 e. The number of carboxylic acid groups (broad SMARTS) is 1. The molecule has 2 rings (SSSR count). The van der Waals surface area contributed by atoms with Crippen LogP contribution in [0.15, 0.2) is 18.2 Å². The molecule has 1 N–H and O–H groups in total. The lowest BCUT2D eigenvalue weighted by Gasteiger charge is -2.23. The first kappa shape index (κ1) is 15.4. The fraction of sp³-hybridized carbons (Fsp3) is 0.467. The lowest BCUT2D eigenvalue weighted by molar-refractivity contribution is -0.148. The summed E-state index contributed by atoms with van der Waals surface area (Å²) in [5.74, 6) is -3.11. The van der Waals surface area contributed by atoms with Crippen LogP contribution < -0.4 is 0 Å². The molecule has 1 aliphatic heterocycles. The Labute approximate surface area is 121 Å². The maximum atomic E-state index is 13.7. The van der Waals surface area contributed by atoms with Crippen molar-refractivity contribution in [1.82, 2.24) is 4.90 Å². The highest BCUT2D eigenvalue weighted by Gasteiger charge is 2.34. The fourth-order valence-electron chi connectivity index (χ4n) is 2.71. The molecule has 0 aliphatic carbocycles. The second-order valence-corrected chi connectivity index (χ2v) is 5.35. The Balaban J connectivity index is 2.06. The number of amides is 1. The van der Waals surface area contributed by atoms with Crippen molar-refractivity contribution >= 4 is 11.9 Å². The van der Waals surface area contributed by atoms with Gasteiger partial charge in [0.25, 0.3) is 0 Å². The van der Waals surface area contributed by atoms with Crippen molar-refractivity contribution in [2.45, 2.75) is 38.1 Å². The number of benzene rings is 1. The molecule has 4 nitrogen and oxygen atoms in total. The molecule has 0 spiro atoms. The highest BCUT2D eigenvalue weighted by molar-refractivity contribution is 5.84. The lowest BCUT2D eigenvalue weighted by atomic mass is 9.96. The summed E-state index contributed by atoms with van der Waals surface area (Å²) in [6.45, 7) is 2.08. The number of hydrogen-bond donors (Lipinski definition) is 1. The number of carboxylic acids is 1. The molecular formula is C15H17F2NO3. The predicted molar refractivity (Wildman–Crippen MR) is 71.8 cm³/mol. The molecule has 0 bridgehead atoms. The normalized spacial score (nSPS) is 19.6. The number of hydrogen-bond acceptors (Lipinski definition) is 2. The van der Waals surface area contributed by atoms with E-state index in [1.165, 1.54) is 11.0 Å². The fourth-order valence-corrected chi connectivity index (χ4v) is 2.71. The van der Waals surface area contributed by atoms with Gasteiger partial charge in [-0.25, -0.2) is 13.6 Å². The van der Waals surface area contributed by atoms with Crippen molar-refractivity contribution in [3.63, 3.8) is 0 Å². The van der Waals surface area contributed by atoms with Gasteiger partial charge >= 0.3 is 5.97 Å². The summed E-state index contributed by atoms with van der Waals surface area (Å²) < 4.78 is 26.6. The molecule has 21 heavy (non-hydrogen) atoms. The first-order valence-corrected chi connectivity index (χ1v) is 6.87.